The second kappa shape index (κ2) is 5.90. The highest BCUT2D eigenvalue weighted by Gasteiger charge is 2.20. The Morgan fingerprint density at radius 1 is 1.09 bits per heavy atom. The fraction of sp³-hybridized carbons (Fsp3) is 0.188. The molecule has 0 bridgehead atoms. The van der Waals surface area contributed by atoms with Gasteiger partial charge >= 0.3 is 10.1 Å². The van der Waals surface area contributed by atoms with E-state index in [0.29, 0.717) is 17.5 Å². The lowest BCUT2D eigenvalue weighted by Gasteiger charge is -2.02. The third-order valence-electron chi connectivity index (χ3n) is 3.26. The molecule has 0 unspecified atom stereocenters. The van der Waals surface area contributed by atoms with Gasteiger partial charge in [-0.25, -0.2) is 4.98 Å². The lowest BCUT2D eigenvalue weighted by atomic mass is 10.0. The Kier molecular flexibility index (Phi) is 3.96. The Labute approximate surface area is 129 Å². The zero-order chi connectivity index (χ0) is 15.6. The van der Waals surface area contributed by atoms with Crippen LogP contribution in [0.5, 0.6) is 0 Å². The first-order chi connectivity index (χ1) is 10.6. The zero-order valence-electron chi connectivity index (χ0n) is 12.1. The van der Waals surface area contributed by atoms with Crippen LogP contribution >= 0.6 is 0 Å². The van der Waals surface area contributed by atoms with Crippen LogP contribution in [0.2, 0.25) is 0 Å². The summed E-state index contributed by atoms with van der Waals surface area (Å²) in [6.07, 6.45) is 0.620. The topological polar surface area (TPSA) is 72.1 Å². The van der Waals surface area contributed by atoms with Crippen molar-refractivity contribution in [2.45, 2.75) is 18.5 Å². The molecule has 0 aliphatic carbocycles. The second-order valence-electron chi connectivity index (χ2n) is 4.88. The number of rotatable bonds is 5. The van der Waals surface area contributed by atoms with Crippen LogP contribution in [-0.2, 0) is 14.3 Å². The van der Waals surface area contributed by atoms with E-state index in [0.717, 1.165) is 11.1 Å². The SMILES string of the molecule is CCCOS(=O)(=O)c1nc2cccc(-c3ccccc3)c2[nH]1. The largest absolute Gasteiger partial charge is 0.331 e. The molecule has 1 heterocycles. The number of aromatic nitrogens is 2. The van der Waals surface area contributed by atoms with Crippen molar-refractivity contribution in [3.63, 3.8) is 0 Å². The van der Waals surface area contributed by atoms with E-state index in [4.69, 9.17) is 4.18 Å². The molecule has 0 aliphatic heterocycles. The van der Waals surface area contributed by atoms with Crippen LogP contribution in [0, 0.1) is 0 Å². The van der Waals surface area contributed by atoms with Crippen LogP contribution in [0.25, 0.3) is 22.2 Å². The number of hydrogen-bond donors (Lipinski definition) is 1. The molecular weight excluding hydrogens is 300 g/mol. The fourth-order valence-electron chi connectivity index (χ4n) is 2.23. The summed E-state index contributed by atoms with van der Waals surface area (Å²) < 4.78 is 29.1. The van der Waals surface area contributed by atoms with Gasteiger partial charge in [-0.05, 0) is 18.1 Å². The normalized spacial score (nSPS) is 11.9. The van der Waals surface area contributed by atoms with E-state index in [2.05, 4.69) is 9.97 Å². The van der Waals surface area contributed by atoms with E-state index >= 15 is 0 Å². The summed E-state index contributed by atoms with van der Waals surface area (Å²) in [6.45, 7) is 1.99. The molecule has 0 amide bonds. The van der Waals surface area contributed by atoms with E-state index in [-0.39, 0.29) is 11.8 Å². The first-order valence-electron chi connectivity index (χ1n) is 7.05. The van der Waals surface area contributed by atoms with Gasteiger partial charge in [-0.1, -0.05) is 49.4 Å². The Hall–Kier alpha value is -2.18. The lowest BCUT2D eigenvalue weighted by molar-refractivity contribution is 0.315. The van der Waals surface area contributed by atoms with Crippen LogP contribution < -0.4 is 0 Å². The molecule has 0 aliphatic rings. The van der Waals surface area contributed by atoms with Gasteiger partial charge in [0.2, 0.25) is 0 Å². The van der Waals surface area contributed by atoms with Crippen molar-refractivity contribution >= 4 is 21.2 Å². The second-order valence-corrected chi connectivity index (χ2v) is 6.41. The summed E-state index contributed by atoms with van der Waals surface area (Å²) >= 11 is 0. The van der Waals surface area contributed by atoms with Crippen molar-refractivity contribution in [2.24, 2.45) is 0 Å². The van der Waals surface area contributed by atoms with Crippen molar-refractivity contribution in [2.75, 3.05) is 6.61 Å². The summed E-state index contributed by atoms with van der Waals surface area (Å²) in [6, 6.07) is 15.3. The van der Waals surface area contributed by atoms with Crippen LogP contribution in [-0.4, -0.2) is 25.0 Å². The molecule has 1 N–H and O–H groups in total. The minimum absolute atomic E-state index is 0.144. The van der Waals surface area contributed by atoms with Crippen LogP contribution in [0.3, 0.4) is 0 Å². The predicted molar refractivity (Wildman–Crippen MR) is 85.0 cm³/mol. The van der Waals surface area contributed by atoms with Crippen molar-refractivity contribution in [1.82, 2.24) is 9.97 Å². The Balaban J connectivity index is 2.11. The number of benzene rings is 2. The number of nitrogens with one attached hydrogen (secondary N) is 1. The van der Waals surface area contributed by atoms with Crippen molar-refractivity contribution in [1.29, 1.82) is 0 Å². The van der Waals surface area contributed by atoms with E-state index in [9.17, 15) is 8.42 Å². The third kappa shape index (κ3) is 2.75. The summed E-state index contributed by atoms with van der Waals surface area (Å²) in [5.41, 5.74) is 3.19. The van der Waals surface area contributed by atoms with Crippen LogP contribution in [0.4, 0.5) is 0 Å². The third-order valence-corrected chi connectivity index (χ3v) is 4.40. The van der Waals surface area contributed by atoms with Crippen molar-refractivity contribution in [3.8, 4) is 11.1 Å². The molecule has 2 aromatic carbocycles. The molecule has 0 saturated carbocycles. The minimum Gasteiger partial charge on any atom is -0.326 e. The molecule has 0 atom stereocenters. The molecule has 0 fully saturated rings. The molecule has 1 aromatic heterocycles. The first-order valence-corrected chi connectivity index (χ1v) is 8.46. The lowest BCUT2D eigenvalue weighted by Crippen LogP contribution is -2.08. The van der Waals surface area contributed by atoms with Gasteiger partial charge in [0, 0.05) is 5.56 Å². The zero-order valence-corrected chi connectivity index (χ0v) is 12.9. The number of nitrogens with zero attached hydrogens (tertiary/aromatic N) is 1. The van der Waals surface area contributed by atoms with Crippen molar-refractivity contribution < 1.29 is 12.6 Å². The number of H-pyrrole nitrogens is 1. The average molecular weight is 316 g/mol. The molecule has 22 heavy (non-hydrogen) atoms. The molecule has 0 spiro atoms. The molecule has 5 nitrogen and oxygen atoms in total. The molecule has 0 radical (unpaired) electrons. The van der Waals surface area contributed by atoms with Gasteiger partial charge in [-0.15, -0.1) is 0 Å². The molecule has 114 valence electrons. The Morgan fingerprint density at radius 2 is 1.86 bits per heavy atom. The number of aromatic amines is 1. The molecule has 3 rings (SSSR count). The number of hydrogen-bond acceptors (Lipinski definition) is 4. The first kappa shape index (κ1) is 14.7. The summed E-state index contributed by atoms with van der Waals surface area (Å²) in [5.74, 6) is 0. The quantitative estimate of drug-likeness (QED) is 0.733. The highest BCUT2D eigenvalue weighted by atomic mass is 32.2. The molecular formula is C16H16N2O3S. The maximum absolute atomic E-state index is 12.1. The summed E-state index contributed by atoms with van der Waals surface area (Å²) in [5, 5.41) is -0.153. The van der Waals surface area contributed by atoms with E-state index < -0.39 is 10.1 Å². The Morgan fingerprint density at radius 3 is 2.59 bits per heavy atom. The van der Waals surface area contributed by atoms with Gasteiger partial charge in [-0.3, -0.25) is 4.18 Å². The van der Waals surface area contributed by atoms with Crippen LogP contribution in [0.1, 0.15) is 13.3 Å². The Bertz CT molecular complexity index is 886. The van der Waals surface area contributed by atoms with Gasteiger partial charge in [0.25, 0.3) is 5.16 Å². The van der Waals surface area contributed by atoms with Gasteiger partial charge in [0.1, 0.15) is 0 Å². The standard InChI is InChI=1S/C16H16N2O3S/c1-2-11-21-22(19,20)16-17-14-10-6-9-13(15(14)18-16)12-7-4-3-5-8-12/h3-10H,2,11H2,1H3,(H,17,18). The highest BCUT2D eigenvalue weighted by molar-refractivity contribution is 7.86. The van der Waals surface area contributed by atoms with E-state index in [1.165, 1.54) is 0 Å². The monoisotopic (exact) mass is 316 g/mol. The van der Waals surface area contributed by atoms with Gasteiger partial charge in [0.15, 0.2) is 0 Å². The van der Waals surface area contributed by atoms with E-state index in [1.54, 1.807) is 6.07 Å². The summed E-state index contributed by atoms with van der Waals surface area (Å²) in [7, 11) is -3.85. The highest BCUT2D eigenvalue weighted by Crippen LogP contribution is 2.28. The molecule has 3 aromatic rings. The van der Waals surface area contributed by atoms with Gasteiger partial charge < -0.3 is 4.98 Å². The minimum atomic E-state index is -3.85. The van der Waals surface area contributed by atoms with Gasteiger partial charge in [-0.2, -0.15) is 8.42 Å². The van der Waals surface area contributed by atoms with Gasteiger partial charge in [0.05, 0.1) is 17.6 Å². The van der Waals surface area contributed by atoms with Crippen LogP contribution in [0.15, 0.2) is 53.7 Å². The van der Waals surface area contributed by atoms with Crippen molar-refractivity contribution in [3.05, 3.63) is 48.5 Å². The van der Waals surface area contributed by atoms with E-state index in [1.807, 2.05) is 49.4 Å². The number of fused-ring (bicyclic) bond motifs is 1. The fourth-order valence-corrected chi connectivity index (χ4v) is 3.17. The number of para-hydroxylation sites is 1. The molecule has 0 saturated heterocycles. The number of imidazole rings is 1. The summed E-state index contributed by atoms with van der Waals surface area (Å²) in [4.78, 5) is 7.04. The average Bonchev–Trinajstić information content (AvgIpc) is 2.99. The predicted octanol–water partition coefficient (Wildman–Crippen LogP) is 3.35. The maximum atomic E-state index is 12.1. The smallest absolute Gasteiger partial charge is 0.326 e. The molecule has 6 heteroatoms. The maximum Gasteiger partial charge on any atom is 0.331 e.